The van der Waals surface area contributed by atoms with Crippen LogP contribution in [0.5, 0.6) is 0 Å². The molecule has 0 fully saturated rings. The first kappa shape index (κ1) is 16.0. The number of nitrogen functional groups attached to an aromatic ring is 1. The standard InChI is InChI=1S/C13H19ClN2O2S/c1-9(2)6-7-16-12(17)8-19(18)13-10(14)4-3-5-11(13)15/h3-5,9H,6-8,15H2,1-2H3,(H,16,17). The van der Waals surface area contributed by atoms with Gasteiger partial charge in [-0.2, -0.15) is 0 Å². The highest BCUT2D eigenvalue weighted by Crippen LogP contribution is 2.25. The van der Waals surface area contributed by atoms with Gasteiger partial charge in [0.1, 0.15) is 5.75 Å². The Labute approximate surface area is 121 Å². The molecule has 0 aromatic heterocycles. The minimum atomic E-state index is -1.52. The zero-order chi connectivity index (χ0) is 14.4. The quantitative estimate of drug-likeness (QED) is 0.791. The molecule has 6 heteroatoms. The van der Waals surface area contributed by atoms with Gasteiger partial charge in [-0.15, -0.1) is 0 Å². The SMILES string of the molecule is CC(C)CCNC(=O)CS(=O)c1c(N)cccc1Cl. The summed E-state index contributed by atoms with van der Waals surface area (Å²) in [6.45, 7) is 4.75. The number of amides is 1. The van der Waals surface area contributed by atoms with Crippen LogP contribution in [0.15, 0.2) is 23.1 Å². The van der Waals surface area contributed by atoms with Gasteiger partial charge >= 0.3 is 0 Å². The van der Waals surface area contributed by atoms with Crippen molar-refractivity contribution in [1.29, 1.82) is 0 Å². The second-order valence-corrected chi connectivity index (χ2v) is 6.48. The topological polar surface area (TPSA) is 72.2 Å². The van der Waals surface area contributed by atoms with Crippen molar-refractivity contribution in [3.8, 4) is 0 Å². The van der Waals surface area contributed by atoms with E-state index in [1.54, 1.807) is 18.2 Å². The lowest BCUT2D eigenvalue weighted by Gasteiger charge is -2.09. The minimum Gasteiger partial charge on any atom is -0.398 e. The Morgan fingerprint density at radius 1 is 1.47 bits per heavy atom. The predicted octanol–water partition coefficient (Wildman–Crippen LogP) is 2.19. The molecule has 19 heavy (non-hydrogen) atoms. The van der Waals surface area contributed by atoms with Gasteiger partial charge in [0.2, 0.25) is 5.91 Å². The number of carbonyl (C=O) groups excluding carboxylic acids is 1. The second-order valence-electron chi connectivity index (χ2n) is 4.68. The molecule has 4 nitrogen and oxygen atoms in total. The Bertz CT molecular complexity index is 457. The molecule has 0 saturated heterocycles. The average molecular weight is 303 g/mol. The lowest BCUT2D eigenvalue weighted by Crippen LogP contribution is -2.30. The predicted molar refractivity (Wildman–Crippen MR) is 79.6 cm³/mol. The molecule has 3 N–H and O–H groups in total. The number of hydrogen-bond acceptors (Lipinski definition) is 3. The number of nitrogens with one attached hydrogen (secondary N) is 1. The van der Waals surface area contributed by atoms with Crippen molar-refractivity contribution in [3.63, 3.8) is 0 Å². The second kappa shape index (κ2) is 7.50. The molecular formula is C13H19ClN2O2S. The summed E-state index contributed by atoms with van der Waals surface area (Å²) < 4.78 is 12.1. The number of carbonyl (C=O) groups is 1. The van der Waals surface area contributed by atoms with E-state index in [1.807, 2.05) is 0 Å². The molecule has 106 valence electrons. The Morgan fingerprint density at radius 2 is 2.16 bits per heavy atom. The summed E-state index contributed by atoms with van der Waals surface area (Å²) in [5.74, 6) is 0.148. The van der Waals surface area contributed by atoms with Crippen LogP contribution in [0, 0.1) is 5.92 Å². The molecule has 0 aliphatic rings. The van der Waals surface area contributed by atoms with E-state index in [0.29, 0.717) is 28.1 Å². The summed E-state index contributed by atoms with van der Waals surface area (Å²) in [6.07, 6.45) is 0.895. The van der Waals surface area contributed by atoms with Crippen molar-refractivity contribution in [1.82, 2.24) is 5.32 Å². The molecule has 0 aliphatic carbocycles. The molecule has 1 aromatic carbocycles. The van der Waals surface area contributed by atoms with Crippen LogP contribution in [-0.2, 0) is 15.6 Å². The fourth-order valence-corrected chi connectivity index (χ4v) is 3.05. The molecule has 1 atom stereocenters. The van der Waals surface area contributed by atoms with Crippen molar-refractivity contribution in [2.75, 3.05) is 18.0 Å². The highest BCUT2D eigenvalue weighted by atomic mass is 35.5. The molecule has 0 aliphatic heterocycles. The third kappa shape index (κ3) is 5.20. The number of benzene rings is 1. The molecule has 1 aromatic rings. The van der Waals surface area contributed by atoms with Crippen LogP contribution in [0.2, 0.25) is 5.02 Å². The van der Waals surface area contributed by atoms with E-state index in [1.165, 1.54) is 0 Å². The van der Waals surface area contributed by atoms with E-state index >= 15 is 0 Å². The fourth-order valence-electron chi connectivity index (χ4n) is 1.51. The van der Waals surface area contributed by atoms with Crippen molar-refractivity contribution in [2.24, 2.45) is 5.92 Å². The van der Waals surface area contributed by atoms with Gasteiger partial charge in [-0.1, -0.05) is 31.5 Å². The van der Waals surface area contributed by atoms with Crippen LogP contribution < -0.4 is 11.1 Å². The van der Waals surface area contributed by atoms with Gasteiger partial charge in [-0.25, -0.2) is 0 Å². The third-order valence-corrected chi connectivity index (χ3v) is 4.39. The normalized spacial score (nSPS) is 12.4. The summed E-state index contributed by atoms with van der Waals surface area (Å²) in [4.78, 5) is 12.0. The Hall–Kier alpha value is -1.07. The van der Waals surface area contributed by atoms with Gasteiger partial charge < -0.3 is 11.1 Å². The van der Waals surface area contributed by atoms with Crippen LogP contribution in [-0.4, -0.2) is 22.4 Å². The first-order chi connectivity index (χ1) is 8.91. The summed E-state index contributed by atoms with van der Waals surface area (Å²) >= 11 is 5.95. The zero-order valence-corrected chi connectivity index (χ0v) is 12.7. The number of rotatable bonds is 6. The Kier molecular flexibility index (Phi) is 6.31. The van der Waals surface area contributed by atoms with Gasteiger partial charge in [-0.05, 0) is 24.5 Å². The molecule has 1 amide bonds. The monoisotopic (exact) mass is 302 g/mol. The Morgan fingerprint density at radius 3 is 2.74 bits per heavy atom. The number of nitrogens with two attached hydrogens (primary N) is 1. The maximum Gasteiger partial charge on any atom is 0.233 e. The van der Waals surface area contributed by atoms with Crippen molar-refractivity contribution in [2.45, 2.75) is 25.2 Å². The van der Waals surface area contributed by atoms with Crippen molar-refractivity contribution >= 4 is 34.0 Å². The van der Waals surface area contributed by atoms with E-state index in [9.17, 15) is 9.00 Å². The van der Waals surface area contributed by atoms with Gasteiger partial charge in [0.15, 0.2) is 0 Å². The molecule has 1 unspecified atom stereocenters. The average Bonchev–Trinajstić information content (AvgIpc) is 2.27. The lowest BCUT2D eigenvalue weighted by molar-refractivity contribution is -0.118. The van der Waals surface area contributed by atoms with Crippen LogP contribution in [0.25, 0.3) is 0 Å². The highest BCUT2D eigenvalue weighted by Gasteiger charge is 2.15. The molecule has 0 saturated carbocycles. The molecule has 0 radical (unpaired) electrons. The minimum absolute atomic E-state index is 0.119. The van der Waals surface area contributed by atoms with Crippen LogP contribution in [0.4, 0.5) is 5.69 Å². The number of halogens is 1. The summed E-state index contributed by atoms with van der Waals surface area (Å²) in [5.41, 5.74) is 6.08. The first-order valence-electron chi connectivity index (χ1n) is 6.11. The number of anilines is 1. The van der Waals surface area contributed by atoms with E-state index in [2.05, 4.69) is 19.2 Å². The molecular weight excluding hydrogens is 284 g/mol. The summed E-state index contributed by atoms with van der Waals surface area (Å²) in [7, 11) is -1.52. The van der Waals surface area contributed by atoms with Crippen molar-refractivity contribution in [3.05, 3.63) is 23.2 Å². The maximum absolute atomic E-state index is 12.1. The van der Waals surface area contributed by atoms with E-state index in [4.69, 9.17) is 17.3 Å². The summed E-state index contributed by atoms with van der Waals surface area (Å²) in [5, 5.41) is 3.06. The van der Waals surface area contributed by atoms with E-state index < -0.39 is 10.8 Å². The smallest absolute Gasteiger partial charge is 0.233 e. The largest absolute Gasteiger partial charge is 0.398 e. The van der Waals surface area contributed by atoms with Gasteiger partial charge in [-0.3, -0.25) is 9.00 Å². The van der Waals surface area contributed by atoms with E-state index in [-0.39, 0.29) is 11.7 Å². The summed E-state index contributed by atoms with van der Waals surface area (Å²) in [6, 6.07) is 4.92. The molecule has 0 bridgehead atoms. The third-order valence-electron chi connectivity index (χ3n) is 2.53. The molecule has 1 rings (SSSR count). The van der Waals surface area contributed by atoms with Gasteiger partial charge in [0, 0.05) is 12.2 Å². The lowest BCUT2D eigenvalue weighted by atomic mass is 10.1. The van der Waals surface area contributed by atoms with Crippen LogP contribution in [0.1, 0.15) is 20.3 Å². The first-order valence-corrected chi connectivity index (χ1v) is 7.80. The maximum atomic E-state index is 12.1. The fraction of sp³-hybridized carbons (Fsp3) is 0.462. The zero-order valence-electron chi connectivity index (χ0n) is 11.1. The number of hydrogen-bond donors (Lipinski definition) is 2. The van der Waals surface area contributed by atoms with Gasteiger partial charge in [0.05, 0.1) is 20.7 Å². The van der Waals surface area contributed by atoms with Crippen molar-refractivity contribution < 1.29 is 9.00 Å². The highest BCUT2D eigenvalue weighted by molar-refractivity contribution is 7.86. The Balaban J connectivity index is 2.57. The van der Waals surface area contributed by atoms with Gasteiger partial charge in [0.25, 0.3) is 0 Å². The van der Waals surface area contributed by atoms with Crippen LogP contribution >= 0.6 is 11.6 Å². The molecule has 0 heterocycles. The van der Waals surface area contributed by atoms with E-state index in [0.717, 1.165) is 6.42 Å². The molecule has 0 spiro atoms. The van der Waals surface area contributed by atoms with Crippen LogP contribution in [0.3, 0.4) is 0 Å².